The molecule has 10 heteroatoms. The zero-order valence-electron chi connectivity index (χ0n) is 13.3. The van der Waals surface area contributed by atoms with Crippen LogP contribution in [0.4, 0.5) is 11.5 Å². The van der Waals surface area contributed by atoms with Gasteiger partial charge in [0.15, 0.2) is 5.96 Å². The molecule has 0 radical (unpaired) electrons. The van der Waals surface area contributed by atoms with Gasteiger partial charge in [-0.15, -0.1) is 10.1 Å². The Kier molecular flexibility index (Phi) is 7.00. The average molecular weight is 325 g/mol. The van der Waals surface area contributed by atoms with Crippen LogP contribution in [0, 0.1) is 15.5 Å². The Labute approximate surface area is 134 Å². The van der Waals surface area contributed by atoms with Crippen LogP contribution >= 0.6 is 0 Å². The number of nitrogens with one attached hydrogen (secondary N) is 1. The van der Waals surface area contributed by atoms with Crippen molar-refractivity contribution in [2.24, 2.45) is 5.73 Å². The molecular weight excluding hydrogens is 302 g/mol. The van der Waals surface area contributed by atoms with Gasteiger partial charge in [0, 0.05) is 33.2 Å². The lowest BCUT2D eigenvalue weighted by molar-refractivity contribution is -0.742. The van der Waals surface area contributed by atoms with Crippen LogP contribution in [0.3, 0.4) is 0 Å². The fourth-order valence-electron chi connectivity index (χ4n) is 2.21. The van der Waals surface area contributed by atoms with Crippen LogP contribution in [0.25, 0.3) is 0 Å². The number of aromatic nitrogens is 1. The maximum atomic E-state index is 8.36. The van der Waals surface area contributed by atoms with Crippen molar-refractivity contribution in [1.82, 2.24) is 9.88 Å². The summed E-state index contributed by atoms with van der Waals surface area (Å²) in [6, 6.07) is 3.95. The Bertz CT molecular complexity index is 511. The van der Waals surface area contributed by atoms with Gasteiger partial charge in [-0.05, 0) is 18.7 Å². The van der Waals surface area contributed by atoms with Crippen molar-refractivity contribution in [2.75, 3.05) is 49.6 Å². The molecule has 0 aromatic carbocycles. The summed E-state index contributed by atoms with van der Waals surface area (Å²) in [6.07, 6.45) is 1.86. The summed E-state index contributed by atoms with van der Waals surface area (Å²) in [5.74, 6) is 0.695. The Balaban J connectivity index is 0.000000593. The molecule has 1 saturated heterocycles. The Morgan fingerprint density at radius 2 is 2.04 bits per heavy atom. The highest BCUT2D eigenvalue weighted by Gasteiger charge is 2.16. The molecule has 0 amide bonds. The van der Waals surface area contributed by atoms with Crippen LogP contribution < -0.4 is 15.5 Å². The maximum absolute atomic E-state index is 8.36. The summed E-state index contributed by atoms with van der Waals surface area (Å²) in [6.45, 7) is 7.60. The highest BCUT2D eigenvalue weighted by Crippen LogP contribution is 2.18. The summed E-state index contributed by atoms with van der Waals surface area (Å²) in [5.41, 5.74) is 6.57. The topological polar surface area (TPSA) is 136 Å². The molecule has 1 aromatic rings. The van der Waals surface area contributed by atoms with Crippen molar-refractivity contribution in [3.63, 3.8) is 0 Å². The van der Waals surface area contributed by atoms with Gasteiger partial charge in [0.2, 0.25) is 0 Å². The van der Waals surface area contributed by atoms with Gasteiger partial charge >= 0.3 is 0 Å². The number of hydrogen-bond donors (Lipinski definition) is 3. The van der Waals surface area contributed by atoms with Crippen molar-refractivity contribution in [2.45, 2.75) is 6.92 Å². The molecule has 0 aliphatic carbocycles. The Morgan fingerprint density at radius 3 is 2.43 bits per heavy atom. The number of guanidine groups is 1. The van der Waals surface area contributed by atoms with Gasteiger partial charge in [-0.2, -0.15) is 0 Å². The lowest BCUT2D eigenvalue weighted by Gasteiger charge is -2.35. The van der Waals surface area contributed by atoms with E-state index in [4.69, 9.17) is 26.5 Å². The van der Waals surface area contributed by atoms with E-state index in [9.17, 15) is 0 Å². The second kappa shape index (κ2) is 8.73. The third-order valence-electron chi connectivity index (χ3n) is 3.62. The van der Waals surface area contributed by atoms with Crippen LogP contribution in [-0.4, -0.2) is 65.9 Å². The first kappa shape index (κ1) is 18.4. The number of nitrogens with zero attached hydrogens (tertiary/aromatic N) is 5. The predicted molar refractivity (Wildman–Crippen MR) is 87.7 cm³/mol. The van der Waals surface area contributed by atoms with Crippen molar-refractivity contribution >= 4 is 17.5 Å². The van der Waals surface area contributed by atoms with Crippen molar-refractivity contribution in [3.8, 4) is 0 Å². The lowest BCUT2D eigenvalue weighted by atomic mass is 10.2. The minimum absolute atomic E-state index is 0.00295. The minimum atomic E-state index is -1.50. The SMILES string of the molecule is CCN1CCN(c2ccc(N(C)C(=N)N)nc2)CC1.O=[N+]([O-])O. The molecule has 0 unspecified atom stereocenters. The smallest absolute Gasteiger partial charge is 0.291 e. The van der Waals surface area contributed by atoms with Gasteiger partial charge < -0.3 is 25.6 Å². The molecule has 10 nitrogen and oxygen atoms in total. The van der Waals surface area contributed by atoms with E-state index in [2.05, 4.69) is 21.7 Å². The molecular formula is C13H23N7O3. The van der Waals surface area contributed by atoms with E-state index in [-0.39, 0.29) is 5.96 Å². The second-order valence-corrected chi connectivity index (χ2v) is 4.98. The van der Waals surface area contributed by atoms with Crippen LogP contribution in [0.2, 0.25) is 0 Å². The zero-order chi connectivity index (χ0) is 17.4. The van der Waals surface area contributed by atoms with Gasteiger partial charge in [0.25, 0.3) is 5.09 Å². The summed E-state index contributed by atoms with van der Waals surface area (Å²) >= 11 is 0. The molecule has 2 heterocycles. The van der Waals surface area contributed by atoms with Gasteiger partial charge in [-0.25, -0.2) is 4.98 Å². The van der Waals surface area contributed by atoms with E-state index in [1.165, 1.54) is 0 Å². The van der Waals surface area contributed by atoms with Crippen LogP contribution in [0.15, 0.2) is 18.3 Å². The third kappa shape index (κ3) is 5.94. The quantitative estimate of drug-likeness (QED) is 0.310. The number of piperazine rings is 1. The average Bonchev–Trinajstić information content (AvgIpc) is 2.54. The predicted octanol–water partition coefficient (Wildman–Crippen LogP) is 0.205. The molecule has 128 valence electrons. The number of pyridine rings is 1. The molecule has 4 N–H and O–H groups in total. The second-order valence-electron chi connectivity index (χ2n) is 4.98. The van der Waals surface area contributed by atoms with E-state index in [1.54, 1.807) is 11.9 Å². The molecule has 0 bridgehead atoms. The first-order chi connectivity index (χ1) is 10.8. The van der Waals surface area contributed by atoms with Gasteiger partial charge in [0.05, 0.1) is 11.9 Å². The van der Waals surface area contributed by atoms with Crippen molar-refractivity contribution in [3.05, 3.63) is 28.4 Å². The standard InChI is InChI=1S/C13H22N6.HNO3/c1-3-18-6-8-19(9-7-18)11-4-5-12(16-10-11)17(2)13(14)15;2-1(3)4/h4-5,10H,3,6-9H2,1-2H3,(H3,14,15);(H,2,3,4). The fraction of sp³-hybridized carbons (Fsp3) is 0.538. The van der Waals surface area contributed by atoms with E-state index in [0.29, 0.717) is 5.82 Å². The first-order valence-electron chi connectivity index (χ1n) is 7.19. The summed E-state index contributed by atoms with van der Waals surface area (Å²) in [5, 5.41) is 21.0. The summed E-state index contributed by atoms with van der Waals surface area (Å²) in [7, 11) is 1.74. The van der Waals surface area contributed by atoms with Gasteiger partial charge in [-0.1, -0.05) is 6.92 Å². The molecule has 1 aliphatic heterocycles. The van der Waals surface area contributed by atoms with Crippen molar-refractivity contribution in [1.29, 1.82) is 5.41 Å². The molecule has 23 heavy (non-hydrogen) atoms. The van der Waals surface area contributed by atoms with E-state index in [1.807, 2.05) is 18.3 Å². The van der Waals surface area contributed by atoms with Crippen molar-refractivity contribution < 1.29 is 10.3 Å². The van der Waals surface area contributed by atoms with Crippen LogP contribution in [-0.2, 0) is 0 Å². The summed E-state index contributed by atoms with van der Waals surface area (Å²) < 4.78 is 0. The number of nitrogens with two attached hydrogens (primary N) is 1. The normalized spacial score (nSPS) is 14.6. The molecule has 0 saturated carbocycles. The first-order valence-corrected chi connectivity index (χ1v) is 7.19. The van der Waals surface area contributed by atoms with E-state index >= 15 is 0 Å². The third-order valence-corrected chi connectivity index (χ3v) is 3.62. The Morgan fingerprint density at radius 1 is 1.48 bits per heavy atom. The monoisotopic (exact) mass is 325 g/mol. The molecule has 1 aliphatic rings. The molecule has 0 atom stereocenters. The van der Waals surface area contributed by atoms with E-state index < -0.39 is 5.09 Å². The Hall–Kier alpha value is -2.62. The van der Waals surface area contributed by atoms with E-state index in [0.717, 1.165) is 38.4 Å². The summed E-state index contributed by atoms with van der Waals surface area (Å²) in [4.78, 5) is 19.1. The molecule has 2 rings (SSSR count). The molecule has 0 spiro atoms. The number of rotatable bonds is 3. The number of anilines is 2. The molecule has 1 aromatic heterocycles. The zero-order valence-corrected chi connectivity index (χ0v) is 13.3. The highest BCUT2D eigenvalue weighted by atomic mass is 16.9. The van der Waals surface area contributed by atoms with Crippen LogP contribution in [0.5, 0.6) is 0 Å². The highest BCUT2D eigenvalue weighted by molar-refractivity contribution is 5.90. The fourth-order valence-corrected chi connectivity index (χ4v) is 2.21. The van der Waals surface area contributed by atoms with Gasteiger partial charge in [0.1, 0.15) is 5.82 Å². The number of hydrogen-bond acceptors (Lipinski definition) is 6. The van der Waals surface area contributed by atoms with Crippen LogP contribution in [0.1, 0.15) is 6.92 Å². The maximum Gasteiger partial charge on any atom is 0.291 e. The minimum Gasteiger partial charge on any atom is -0.370 e. The number of likely N-dealkylation sites (N-methyl/N-ethyl adjacent to an activating group) is 1. The lowest BCUT2D eigenvalue weighted by Crippen LogP contribution is -2.46. The largest absolute Gasteiger partial charge is 0.370 e. The van der Waals surface area contributed by atoms with Gasteiger partial charge in [-0.3, -0.25) is 5.41 Å². The molecule has 1 fully saturated rings.